The molecule has 1 aliphatic heterocycles. The van der Waals surface area contributed by atoms with E-state index in [1.165, 1.54) is 11.1 Å². The van der Waals surface area contributed by atoms with Crippen LogP contribution >= 0.6 is 12.4 Å². The Hall–Kier alpha value is -1.26. The molecule has 4 nitrogen and oxygen atoms in total. The average Bonchev–Trinajstić information content (AvgIpc) is 2.90. The lowest BCUT2D eigenvalue weighted by atomic mass is 10.1. The topological polar surface area (TPSA) is 41.6 Å². The first kappa shape index (κ1) is 17.8. The smallest absolute Gasteiger partial charge is 0.226 e. The summed E-state index contributed by atoms with van der Waals surface area (Å²) in [7, 11) is 1.89. The molecule has 1 fully saturated rings. The van der Waals surface area contributed by atoms with Crippen molar-refractivity contribution in [3.63, 3.8) is 0 Å². The highest BCUT2D eigenvalue weighted by molar-refractivity contribution is 5.85. The van der Waals surface area contributed by atoms with Gasteiger partial charge in [0, 0.05) is 19.6 Å². The highest BCUT2D eigenvalue weighted by Gasteiger charge is 2.22. The molecule has 0 radical (unpaired) electrons. The third-order valence-corrected chi connectivity index (χ3v) is 3.76. The van der Waals surface area contributed by atoms with Crippen LogP contribution in [-0.2, 0) is 4.79 Å². The summed E-state index contributed by atoms with van der Waals surface area (Å²) in [6.45, 7) is 6.44. The molecule has 5 heteroatoms. The number of hydrogen-bond donors (Lipinski definition) is 1. The van der Waals surface area contributed by atoms with Crippen molar-refractivity contribution in [1.82, 2.24) is 10.2 Å². The number of nitrogens with zero attached hydrogens (tertiary/aromatic N) is 1. The summed E-state index contributed by atoms with van der Waals surface area (Å²) >= 11 is 0. The fraction of sp³-hybridized carbons (Fsp3) is 0.562. The number of carbonyl (C=O) groups is 1. The third-order valence-electron chi connectivity index (χ3n) is 3.76. The number of halogens is 1. The van der Waals surface area contributed by atoms with Gasteiger partial charge < -0.3 is 15.0 Å². The van der Waals surface area contributed by atoms with E-state index in [1.54, 1.807) is 0 Å². The summed E-state index contributed by atoms with van der Waals surface area (Å²) in [6.07, 6.45) is 1.47. The lowest BCUT2D eigenvalue weighted by Gasteiger charge is -2.23. The van der Waals surface area contributed by atoms with Gasteiger partial charge in [-0.3, -0.25) is 4.79 Å². The molecule has 21 heavy (non-hydrogen) atoms. The van der Waals surface area contributed by atoms with E-state index in [1.807, 2.05) is 37.9 Å². The van der Waals surface area contributed by atoms with Gasteiger partial charge in [0.05, 0.1) is 13.0 Å². The first-order valence-electron chi connectivity index (χ1n) is 7.24. The second kappa shape index (κ2) is 8.25. The number of aryl methyl sites for hydroxylation is 2. The Bertz CT molecular complexity index is 453. The van der Waals surface area contributed by atoms with E-state index in [0.29, 0.717) is 19.1 Å². The van der Waals surface area contributed by atoms with E-state index in [0.717, 1.165) is 25.3 Å². The van der Waals surface area contributed by atoms with E-state index in [4.69, 9.17) is 4.74 Å². The zero-order valence-corrected chi connectivity index (χ0v) is 13.8. The maximum atomic E-state index is 12.1. The Morgan fingerprint density at radius 2 is 2.00 bits per heavy atom. The van der Waals surface area contributed by atoms with Crippen molar-refractivity contribution in [3.05, 3.63) is 29.3 Å². The highest BCUT2D eigenvalue weighted by atomic mass is 35.5. The SMILES string of the molecule is Cc1cc(C)cc(OCCC(=O)N(C)C2CCNC2)c1.Cl. The fourth-order valence-corrected chi connectivity index (χ4v) is 2.62. The molecule has 0 saturated carbocycles. The first-order valence-corrected chi connectivity index (χ1v) is 7.24. The van der Waals surface area contributed by atoms with E-state index in [2.05, 4.69) is 11.4 Å². The van der Waals surface area contributed by atoms with Crippen molar-refractivity contribution in [2.24, 2.45) is 0 Å². The van der Waals surface area contributed by atoms with E-state index >= 15 is 0 Å². The molecule has 0 aliphatic carbocycles. The van der Waals surface area contributed by atoms with Gasteiger partial charge >= 0.3 is 0 Å². The monoisotopic (exact) mass is 312 g/mol. The lowest BCUT2D eigenvalue weighted by molar-refractivity contribution is -0.132. The van der Waals surface area contributed by atoms with Crippen LogP contribution in [0.4, 0.5) is 0 Å². The predicted octanol–water partition coefficient (Wildman–Crippen LogP) is 2.31. The van der Waals surface area contributed by atoms with Gasteiger partial charge in [0.1, 0.15) is 5.75 Å². The highest BCUT2D eigenvalue weighted by Crippen LogP contribution is 2.16. The van der Waals surface area contributed by atoms with Gasteiger partial charge in [0.2, 0.25) is 5.91 Å². The zero-order chi connectivity index (χ0) is 14.5. The number of hydrogen-bond acceptors (Lipinski definition) is 3. The fourth-order valence-electron chi connectivity index (χ4n) is 2.62. The van der Waals surface area contributed by atoms with Crippen LogP contribution in [0.1, 0.15) is 24.0 Å². The summed E-state index contributed by atoms with van der Waals surface area (Å²) in [4.78, 5) is 13.9. The number of benzene rings is 1. The number of likely N-dealkylation sites (N-methyl/N-ethyl adjacent to an activating group) is 1. The quantitative estimate of drug-likeness (QED) is 0.907. The maximum absolute atomic E-state index is 12.1. The van der Waals surface area contributed by atoms with Gasteiger partial charge in [0.15, 0.2) is 0 Å². The van der Waals surface area contributed by atoms with Crippen molar-refractivity contribution in [2.45, 2.75) is 32.7 Å². The predicted molar refractivity (Wildman–Crippen MR) is 87.3 cm³/mol. The van der Waals surface area contributed by atoms with Gasteiger partial charge in [-0.05, 0) is 50.1 Å². The number of nitrogens with one attached hydrogen (secondary N) is 1. The van der Waals surface area contributed by atoms with Crippen LogP contribution in [0.5, 0.6) is 5.75 Å². The summed E-state index contributed by atoms with van der Waals surface area (Å²) in [5.74, 6) is 1.00. The minimum Gasteiger partial charge on any atom is -0.493 e. The van der Waals surface area contributed by atoms with Crippen molar-refractivity contribution in [2.75, 3.05) is 26.7 Å². The molecule has 0 bridgehead atoms. The molecular weight excluding hydrogens is 288 g/mol. The van der Waals surface area contributed by atoms with Gasteiger partial charge in [0.25, 0.3) is 0 Å². The summed E-state index contributed by atoms with van der Waals surface area (Å²) in [6, 6.07) is 6.45. The maximum Gasteiger partial charge on any atom is 0.226 e. The van der Waals surface area contributed by atoms with Crippen LogP contribution in [0.2, 0.25) is 0 Å². The van der Waals surface area contributed by atoms with E-state index in [-0.39, 0.29) is 18.3 Å². The molecule has 1 N–H and O–H groups in total. The summed E-state index contributed by atoms with van der Waals surface area (Å²) in [5, 5.41) is 3.28. The Kier molecular flexibility index (Phi) is 6.99. The molecule has 1 aromatic rings. The molecule has 1 aliphatic rings. The Balaban J connectivity index is 0.00000220. The van der Waals surface area contributed by atoms with Crippen molar-refractivity contribution < 1.29 is 9.53 Å². The molecule has 1 aromatic carbocycles. The molecule has 1 unspecified atom stereocenters. The van der Waals surface area contributed by atoms with Gasteiger partial charge in [-0.1, -0.05) is 6.07 Å². The van der Waals surface area contributed by atoms with Crippen molar-refractivity contribution in [1.29, 1.82) is 0 Å². The van der Waals surface area contributed by atoms with Crippen LogP contribution in [0.3, 0.4) is 0 Å². The zero-order valence-electron chi connectivity index (χ0n) is 13.0. The number of ether oxygens (including phenoxy) is 1. The van der Waals surface area contributed by atoms with Crippen LogP contribution < -0.4 is 10.1 Å². The van der Waals surface area contributed by atoms with Crippen LogP contribution in [0, 0.1) is 13.8 Å². The normalized spacial score (nSPS) is 17.2. The molecule has 2 rings (SSSR count). The summed E-state index contributed by atoms with van der Waals surface area (Å²) in [5.41, 5.74) is 2.36. The second-order valence-electron chi connectivity index (χ2n) is 5.57. The standard InChI is InChI=1S/C16H24N2O2.ClH/c1-12-8-13(2)10-15(9-12)20-7-5-16(19)18(3)14-4-6-17-11-14;/h8-10,14,17H,4-7,11H2,1-3H3;1H. The number of rotatable bonds is 5. The van der Waals surface area contributed by atoms with Gasteiger partial charge in [-0.2, -0.15) is 0 Å². The Morgan fingerprint density at radius 3 is 2.57 bits per heavy atom. The van der Waals surface area contributed by atoms with Crippen LogP contribution in [0.15, 0.2) is 18.2 Å². The average molecular weight is 313 g/mol. The van der Waals surface area contributed by atoms with Crippen molar-refractivity contribution in [3.8, 4) is 5.75 Å². The molecule has 1 amide bonds. The van der Waals surface area contributed by atoms with E-state index in [9.17, 15) is 4.79 Å². The number of carbonyl (C=O) groups excluding carboxylic acids is 1. The molecule has 1 saturated heterocycles. The van der Waals surface area contributed by atoms with Crippen LogP contribution in [-0.4, -0.2) is 43.6 Å². The molecule has 0 spiro atoms. The second-order valence-corrected chi connectivity index (χ2v) is 5.57. The Labute approximate surface area is 133 Å². The summed E-state index contributed by atoms with van der Waals surface area (Å²) < 4.78 is 5.69. The lowest BCUT2D eigenvalue weighted by Crippen LogP contribution is -2.38. The number of amides is 1. The minimum atomic E-state index is 0. The third kappa shape index (κ3) is 5.21. The minimum absolute atomic E-state index is 0. The molecular formula is C16H25ClN2O2. The first-order chi connectivity index (χ1) is 9.56. The van der Waals surface area contributed by atoms with Crippen molar-refractivity contribution >= 4 is 18.3 Å². The molecule has 118 valence electrons. The van der Waals surface area contributed by atoms with Gasteiger partial charge in [-0.15, -0.1) is 12.4 Å². The van der Waals surface area contributed by atoms with Gasteiger partial charge in [-0.25, -0.2) is 0 Å². The molecule has 1 atom stereocenters. The van der Waals surface area contributed by atoms with Crippen LogP contribution in [0.25, 0.3) is 0 Å². The Morgan fingerprint density at radius 1 is 1.33 bits per heavy atom. The molecule has 1 heterocycles. The molecule has 0 aromatic heterocycles. The van der Waals surface area contributed by atoms with E-state index < -0.39 is 0 Å². The largest absolute Gasteiger partial charge is 0.493 e.